The Bertz CT molecular complexity index is 1900. The summed E-state index contributed by atoms with van der Waals surface area (Å²) in [6.45, 7) is 4.22. The van der Waals surface area contributed by atoms with Gasteiger partial charge in [-0.05, 0) is 42.0 Å². The molecule has 6 rings (SSSR count). The van der Waals surface area contributed by atoms with E-state index in [2.05, 4.69) is 45.3 Å². The molecule has 5 aromatic rings. The number of nitrogens with zero attached hydrogens (tertiary/aromatic N) is 3. The van der Waals surface area contributed by atoms with Gasteiger partial charge in [0.1, 0.15) is 29.0 Å². The maximum absolute atomic E-state index is 12.9. The van der Waals surface area contributed by atoms with E-state index in [4.69, 9.17) is 15.5 Å². The summed E-state index contributed by atoms with van der Waals surface area (Å²) in [6, 6.07) is 20.8. The Morgan fingerprint density at radius 3 is 2.45 bits per heavy atom. The predicted octanol–water partition coefficient (Wildman–Crippen LogP) is 7.19. The summed E-state index contributed by atoms with van der Waals surface area (Å²) in [7, 11) is 1.56. The number of nitrogens with two attached hydrogens (primary N) is 1. The van der Waals surface area contributed by atoms with E-state index in [0.29, 0.717) is 30.0 Å². The zero-order valence-electron chi connectivity index (χ0n) is 24.9. The number of alkyl carbamates (subject to hydrolysis) is 1. The third-order valence-corrected chi connectivity index (χ3v) is 7.86. The topological polar surface area (TPSA) is 136 Å². The molecule has 0 saturated heterocycles. The largest absolute Gasteiger partial charge is 0.446 e. The number of benzene rings is 3. The monoisotopic (exact) mass is 589 g/mol. The average molecular weight is 590 g/mol. The Balaban J connectivity index is 1.42. The number of nitrogen functional groups attached to an aromatic ring is 1. The number of aromatic nitrogens is 3. The van der Waals surface area contributed by atoms with Crippen LogP contribution >= 0.6 is 0 Å². The Hall–Kier alpha value is -5.38. The van der Waals surface area contributed by atoms with Gasteiger partial charge < -0.3 is 26.4 Å². The number of hydrogen-bond acceptors (Lipinski definition) is 6. The van der Waals surface area contributed by atoms with E-state index in [1.54, 1.807) is 7.05 Å². The van der Waals surface area contributed by atoms with Gasteiger partial charge in [-0.1, -0.05) is 68.5 Å². The molecule has 0 fully saturated rings. The molecule has 1 atom stereocenters. The van der Waals surface area contributed by atoms with Crippen molar-refractivity contribution >= 4 is 51.2 Å². The second-order valence-corrected chi connectivity index (χ2v) is 11.1. The normalized spacial score (nSPS) is 14.8. The molecule has 1 aliphatic carbocycles. The second-order valence-electron chi connectivity index (χ2n) is 11.1. The summed E-state index contributed by atoms with van der Waals surface area (Å²) < 4.78 is 7.61. The van der Waals surface area contributed by atoms with Gasteiger partial charge in [-0.25, -0.2) is 19.6 Å². The van der Waals surface area contributed by atoms with E-state index in [-0.39, 0.29) is 18.1 Å². The van der Waals surface area contributed by atoms with Crippen molar-refractivity contribution < 1.29 is 14.3 Å². The molecule has 0 spiro atoms. The third-order valence-electron chi connectivity index (χ3n) is 7.86. The molecule has 2 aromatic heterocycles. The first kappa shape index (κ1) is 28.7. The fraction of sp³-hybridized carbons (Fsp3) is 0.235. The molecule has 1 unspecified atom stereocenters. The van der Waals surface area contributed by atoms with Crippen molar-refractivity contribution in [1.82, 2.24) is 19.7 Å². The highest BCUT2D eigenvalue weighted by Crippen LogP contribution is 2.39. The van der Waals surface area contributed by atoms with Crippen molar-refractivity contribution in [3.63, 3.8) is 0 Å². The van der Waals surface area contributed by atoms with Crippen LogP contribution in [-0.4, -0.2) is 39.6 Å². The smallest absolute Gasteiger partial charge is 0.407 e. The van der Waals surface area contributed by atoms with Crippen LogP contribution in [0.5, 0.6) is 0 Å². The van der Waals surface area contributed by atoms with Gasteiger partial charge in [0.05, 0.1) is 17.6 Å². The van der Waals surface area contributed by atoms with Gasteiger partial charge in [0.2, 0.25) is 0 Å². The lowest BCUT2D eigenvalue weighted by molar-refractivity contribution is 0.0948. The van der Waals surface area contributed by atoms with Crippen molar-refractivity contribution in [1.29, 1.82) is 0 Å². The molecule has 10 heteroatoms. The Morgan fingerprint density at radius 1 is 1.00 bits per heavy atom. The van der Waals surface area contributed by atoms with Crippen LogP contribution in [0.4, 0.5) is 26.8 Å². The quantitative estimate of drug-likeness (QED) is 0.166. The van der Waals surface area contributed by atoms with Gasteiger partial charge in [0.15, 0.2) is 0 Å². The van der Waals surface area contributed by atoms with Crippen LogP contribution in [0.3, 0.4) is 0 Å². The van der Waals surface area contributed by atoms with Crippen LogP contribution in [0.2, 0.25) is 0 Å². The number of amides is 3. The lowest BCUT2D eigenvalue weighted by Gasteiger charge is -2.23. The highest BCUT2D eigenvalue weighted by molar-refractivity contribution is 6.11. The molecule has 44 heavy (non-hydrogen) atoms. The molecule has 224 valence electrons. The number of hydrogen-bond donors (Lipinski definition) is 4. The van der Waals surface area contributed by atoms with Crippen molar-refractivity contribution in [2.45, 2.75) is 45.1 Å². The maximum Gasteiger partial charge on any atom is 0.407 e. The number of carbonyl (C=O) groups is 2. The number of ether oxygens (including phenoxy) is 1. The molecule has 0 radical (unpaired) electrons. The van der Waals surface area contributed by atoms with Gasteiger partial charge in [-0.2, -0.15) is 0 Å². The lowest BCUT2D eigenvalue weighted by atomic mass is 9.94. The molecule has 5 N–H and O–H groups in total. The first-order chi connectivity index (χ1) is 21.3. The van der Waals surface area contributed by atoms with E-state index in [9.17, 15) is 9.59 Å². The van der Waals surface area contributed by atoms with Crippen LogP contribution in [0.1, 0.15) is 50.5 Å². The highest BCUT2D eigenvalue weighted by atomic mass is 16.6. The molecule has 0 bridgehead atoms. The zero-order chi connectivity index (χ0) is 30.8. The number of nitrogens with one attached hydrogen (secondary N) is 3. The van der Waals surface area contributed by atoms with Gasteiger partial charge >= 0.3 is 12.1 Å². The summed E-state index contributed by atoms with van der Waals surface area (Å²) >= 11 is 0. The number of rotatable bonds is 6. The standard InChI is InChI=1S/C34H35N7O3/c1-20(2)32-40-29(30-31(35)37-19-28(41(30)32)21-13-15-23(16-14-21)44-34(43)36-3)26-17-18-27(25-12-8-7-11-24(25)26)39-33(42)38-22-9-5-4-6-10-22/h4-13,17-20,23H,14-16H2,1-3H3,(H2,35,37)(H,36,43)(H2,38,39,42). The van der Waals surface area contributed by atoms with Crippen molar-refractivity contribution in [3.05, 3.63) is 90.5 Å². The highest BCUT2D eigenvalue weighted by Gasteiger charge is 2.26. The lowest BCUT2D eigenvalue weighted by Crippen LogP contribution is -2.27. The summed E-state index contributed by atoms with van der Waals surface area (Å²) in [5.41, 5.74) is 12.4. The average Bonchev–Trinajstić information content (AvgIpc) is 3.44. The van der Waals surface area contributed by atoms with E-state index in [1.165, 1.54) is 0 Å². The first-order valence-electron chi connectivity index (χ1n) is 14.7. The van der Waals surface area contributed by atoms with E-state index in [1.807, 2.05) is 72.9 Å². The minimum Gasteiger partial charge on any atom is -0.446 e. The van der Waals surface area contributed by atoms with Crippen LogP contribution in [0, 0.1) is 0 Å². The minimum atomic E-state index is -0.421. The van der Waals surface area contributed by atoms with Gasteiger partial charge in [0, 0.05) is 36.0 Å². The Morgan fingerprint density at radius 2 is 1.75 bits per heavy atom. The fourth-order valence-corrected chi connectivity index (χ4v) is 5.75. The van der Waals surface area contributed by atoms with Crippen LogP contribution < -0.4 is 21.7 Å². The molecule has 3 amide bonds. The molecule has 0 aliphatic heterocycles. The number of fused-ring (bicyclic) bond motifs is 2. The number of anilines is 3. The number of urea groups is 1. The zero-order valence-corrected chi connectivity index (χ0v) is 24.9. The molecular weight excluding hydrogens is 554 g/mol. The molecule has 3 aromatic carbocycles. The number of para-hydroxylation sites is 1. The molecular formula is C34H35N7O3. The van der Waals surface area contributed by atoms with E-state index >= 15 is 0 Å². The van der Waals surface area contributed by atoms with Crippen molar-refractivity contribution in [3.8, 4) is 11.3 Å². The first-order valence-corrected chi connectivity index (χ1v) is 14.7. The van der Waals surface area contributed by atoms with E-state index < -0.39 is 6.09 Å². The molecule has 1 aliphatic rings. The minimum absolute atomic E-state index is 0.0965. The van der Waals surface area contributed by atoms with Gasteiger partial charge in [0.25, 0.3) is 0 Å². The number of carbonyl (C=O) groups excluding carboxylic acids is 2. The van der Waals surface area contributed by atoms with Gasteiger partial charge in [-0.3, -0.25) is 4.40 Å². The SMILES string of the molecule is CNC(=O)OC1CC=C(c2cnc(N)c3c(-c4ccc(NC(=O)Nc5ccccc5)c5ccccc45)nc(C(C)C)n23)CC1. The molecule has 2 heterocycles. The Kier molecular flexibility index (Phi) is 7.89. The predicted molar refractivity (Wildman–Crippen MR) is 175 cm³/mol. The van der Waals surface area contributed by atoms with Crippen molar-refractivity contribution in [2.75, 3.05) is 23.4 Å². The van der Waals surface area contributed by atoms with E-state index in [0.717, 1.165) is 51.1 Å². The Labute approximate surface area is 255 Å². The second kappa shape index (κ2) is 12.1. The van der Waals surface area contributed by atoms with Crippen molar-refractivity contribution in [2.24, 2.45) is 0 Å². The van der Waals surface area contributed by atoms with Crippen LogP contribution in [0.25, 0.3) is 33.1 Å². The summed E-state index contributed by atoms with van der Waals surface area (Å²) in [5.74, 6) is 1.35. The van der Waals surface area contributed by atoms with Gasteiger partial charge in [-0.15, -0.1) is 0 Å². The summed E-state index contributed by atoms with van der Waals surface area (Å²) in [5, 5.41) is 10.2. The number of imidazole rings is 1. The molecule has 10 nitrogen and oxygen atoms in total. The number of allylic oxidation sites excluding steroid dienone is 1. The summed E-state index contributed by atoms with van der Waals surface area (Å²) in [6.07, 6.45) is 5.38. The third kappa shape index (κ3) is 5.54. The van der Waals surface area contributed by atoms with Crippen LogP contribution in [0.15, 0.2) is 79.0 Å². The van der Waals surface area contributed by atoms with Crippen LogP contribution in [-0.2, 0) is 4.74 Å². The molecule has 0 saturated carbocycles. The fourth-order valence-electron chi connectivity index (χ4n) is 5.75. The maximum atomic E-state index is 12.9. The summed E-state index contributed by atoms with van der Waals surface area (Å²) in [4.78, 5) is 34.4.